The van der Waals surface area contributed by atoms with Crippen molar-refractivity contribution in [3.05, 3.63) is 125 Å². The number of benzene rings is 2. The van der Waals surface area contributed by atoms with Gasteiger partial charge in [0.05, 0.1) is 134 Å². The quantitative estimate of drug-likeness (QED) is 0.0151. The van der Waals surface area contributed by atoms with Gasteiger partial charge in [-0.15, -0.1) is 0 Å². The largest absolute Gasteiger partial charge is 0.484 e. The van der Waals surface area contributed by atoms with Crippen LogP contribution in [0.25, 0.3) is 10.9 Å². The molecule has 0 saturated carbocycles. The third kappa shape index (κ3) is 36.1. The highest BCUT2D eigenvalue weighted by molar-refractivity contribution is 7.80. The van der Waals surface area contributed by atoms with E-state index in [0.717, 1.165) is 12.0 Å². The minimum atomic E-state index is -1.67. The van der Waals surface area contributed by atoms with Gasteiger partial charge in [0.25, 0.3) is 11.8 Å². The Bertz CT molecular complexity index is 3890. The summed E-state index contributed by atoms with van der Waals surface area (Å²) in [6.45, 7) is 11.0. The summed E-state index contributed by atoms with van der Waals surface area (Å²) in [6.07, 6.45) is 5.27. The van der Waals surface area contributed by atoms with Crippen molar-refractivity contribution in [1.29, 1.82) is 0 Å². The van der Waals surface area contributed by atoms with Crippen molar-refractivity contribution in [3.8, 4) is 5.75 Å². The van der Waals surface area contributed by atoms with Crippen LogP contribution >= 0.6 is 12.2 Å². The zero-order chi connectivity index (χ0) is 82.5. The fourth-order valence-electron chi connectivity index (χ4n) is 12.4. The number of ether oxygens (including phenoxy) is 8. The Morgan fingerprint density at radius 2 is 1.20 bits per heavy atom. The van der Waals surface area contributed by atoms with E-state index in [0.29, 0.717) is 177 Å². The number of likely N-dealkylation sites (tertiary alicyclic amines) is 1. The van der Waals surface area contributed by atoms with E-state index in [1.807, 2.05) is 29.2 Å². The highest BCUT2D eigenvalue weighted by Crippen LogP contribution is 2.24. The standard InChI is InChI=1S/C78H110BN13O22S/c1-54(2)45-55-14-16-56(17-15-55)46-70(94)81-22-5-4-11-65(76(101)102)89-74(98)63(88-69(93)21-31-107-37-43-113-44-38-108-32-25-82-71(95)53-114-60-18-19-61-62(20-24-80-66(61)49-60)73(97)84-50-72(96)92-26-8-13-68(92)79(105)106)10-3-6-23-83-78(115)87-58-47-59(86-67(48-58)77(103)104)52-91-29-35-111-41-39-109-33-27-90(28-34-110-40-42-112-36-30-91)51-57-9-7-12-64(85-57)75(99)100/h7,9,12,14-20,24,47-49,54,63,65,68,105-106H,3-6,8,10-11,13,21-23,25-46,50-53H2,1-2H3,(H,81,94)(H,82,95)(H,84,97)(H,88,93)(H,89,98)(H,99,100)(H,101,102)(H,103,104)(H2,83,86,87,115)/t63-,65-,68-/m0/s1. The van der Waals surface area contributed by atoms with Crippen LogP contribution in [0.4, 0.5) is 5.69 Å². The van der Waals surface area contributed by atoms with Crippen molar-refractivity contribution < 1.29 is 106 Å². The number of pyridine rings is 3. The number of fused-ring (bicyclic) bond motifs is 1. The van der Waals surface area contributed by atoms with Gasteiger partial charge < -0.3 is 105 Å². The molecule has 12 N–H and O–H groups in total. The molecule has 2 aliphatic heterocycles. The summed E-state index contributed by atoms with van der Waals surface area (Å²) in [5, 5.41) is 69.3. The summed E-state index contributed by atoms with van der Waals surface area (Å²) in [5.74, 6) is -6.27. The molecule has 0 spiro atoms. The van der Waals surface area contributed by atoms with Crippen LogP contribution in [0.15, 0.2) is 85.1 Å². The number of amides is 6. The SMILES string of the molecule is CC(C)Cc1ccc(CC(=O)NCCCC[C@H](NC(=O)[C@H](CCCCNC(=S)Nc2cc(CN3CCOCCOCCN(Cc4cccc(C(=O)O)n4)CCOCCOCC3)nc(C(=O)O)c2)NC(=O)CCOCCOCCOCCNC(=O)COc2ccc3c(C(=O)NCC(=O)N4CCC[C@H]4B(O)O)ccnc3c2)C(=O)O)cc1. The van der Waals surface area contributed by atoms with Gasteiger partial charge in [0.2, 0.25) is 23.6 Å². The van der Waals surface area contributed by atoms with E-state index in [4.69, 9.17) is 50.1 Å². The topological polar surface area (TPSA) is 461 Å². The predicted octanol–water partition coefficient (Wildman–Crippen LogP) is 2.41. The van der Waals surface area contributed by atoms with Crippen LogP contribution in [0, 0.1) is 5.92 Å². The highest BCUT2D eigenvalue weighted by atomic mass is 32.1. The number of hydrogen-bond donors (Lipinski definition) is 12. The molecular weight excluding hydrogens is 1510 g/mol. The van der Waals surface area contributed by atoms with Crippen molar-refractivity contribution in [3.63, 3.8) is 0 Å². The second-order valence-electron chi connectivity index (χ2n) is 27.8. The number of nitrogens with one attached hydrogen (secondary N) is 7. The molecule has 3 aromatic heterocycles. The zero-order valence-corrected chi connectivity index (χ0v) is 66.2. The zero-order valence-electron chi connectivity index (χ0n) is 65.4. The van der Waals surface area contributed by atoms with E-state index in [1.165, 1.54) is 34.9 Å². The van der Waals surface area contributed by atoms with E-state index in [9.17, 15) is 68.5 Å². The van der Waals surface area contributed by atoms with Crippen molar-refractivity contribution in [2.75, 3.05) is 163 Å². The Morgan fingerprint density at radius 3 is 1.83 bits per heavy atom. The first kappa shape index (κ1) is 92.7. The smallest absolute Gasteiger partial charge is 0.475 e. The van der Waals surface area contributed by atoms with Crippen molar-refractivity contribution in [2.24, 2.45) is 5.92 Å². The number of carboxylic acids is 3. The van der Waals surface area contributed by atoms with Crippen LogP contribution in [-0.4, -0.2) is 297 Å². The van der Waals surface area contributed by atoms with Crippen molar-refractivity contribution in [1.82, 2.24) is 61.6 Å². The van der Waals surface area contributed by atoms with E-state index >= 15 is 0 Å². The molecule has 5 aromatic rings. The number of anilines is 1. The van der Waals surface area contributed by atoms with Crippen LogP contribution in [0.1, 0.15) is 125 Å². The molecule has 115 heavy (non-hydrogen) atoms. The summed E-state index contributed by atoms with van der Waals surface area (Å²) < 4.78 is 46.1. The second kappa shape index (κ2) is 52.2. The Balaban J connectivity index is 0.810. The lowest BCUT2D eigenvalue weighted by atomic mass is 9.78. The second-order valence-corrected chi connectivity index (χ2v) is 28.3. The van der Waals surface area contributed by atoms with Gasteiger partial charge in [0, 0.05) is 95.2 Å². The van der Waals surface area contributed by atoms with Crippen LogP contribution in [0.3, 0.4) is 0 Å². The number of carbonyl (C=O) groups excluding carboxylic acids is 6. The molecule has 7 rings (SSSR count). The molecule has 0 unspecified atom stereocenters. The third-order valence-electron chi connectivity index (χ3n) is 18.3. The van der Waals surface area contributed by atoms with E-state index < -0.39 is 72.6 Å². The van der Waals surface area contributed by atoms with Crippen molar-refractivity contribution in [2.45, 2.75) is 116 Å². The molecular formula is C78H110BN13O22S. The maximum atomic E-state index is 13.9. The molecule has 5 heterocycles. The van der Waals surface area contributed by atoms with Crippen LogP contribution in [0.5, 0.6) is 5.75 Å². The monoisotopic (exact) mass is 1620 g/mol. The molecule has 35 nitrogen and oxygen atoms in total. The third-order valence-corrected chi connectivity index (χ3v) is 18.6. The van der Waals surface area contributed by atoms with Gasteiger partial charge in [-0.2, -0.15) is 0 Å². The van der Waals surface area contributed by atoms with Gasteiger partial charge in [0.1, 0.15) is 23.5 Å². The number of rotatable bonds is 44. The number of thiocarbonyl (C=S) groups is 1. The van der Waals surface area contributed by atoms with Crippen LogP contribution < -0.4 is 42.0 Å². The minimum Gasteiger partial charge on any atom is -0.484 e. The Labute approximate surface area is 674 Å². The van der Waals surface area contributed by atoms with Gasteiger partial charge in [-0.25, -0.2) is 24.4 Å². The first-order valence-electron chi connectivity index (χ1n) is 38.9. The Morgan fingerprint density at radius 1 is 0.600 bits per heavy atom. The molecule has 0 radical (unpaired) electrons. The first-order chi connectivity index (χ1) is 55.6. The molecule has 2 aromatic carbocycles. The van der Waals surface area contributed by atoms with Crippen LogP contribution in [0.2, 0.25) is 0 Å². The lowest BCUT2D eigenvalue weighted by molar-refractivity contribution is -0.142. The number of aromatic carboxylic acids is 2. The molecule has 0 aliphatic carbocycles. The average Bonchev–Trinajstić information content (AvgIpc) is 0.858. The maximum absolute atomic E-state index is 13.9. The number of carbonyl (C=O) groups is 9. The molecule has 6 amide bonds. The Hall–Kier alpha value is -9.51. The van der Waals surface area contributed by atoms with E-state index in [2.05, 4.69) is 70.9 Å². The van der Waals surface area contributed by atoms with Crippen LogP contribution in [-0.2, 0) is 87.9 Å². The average molecular weight is 1620 g/mol. The van der Waals surface area contributed by atoms with E-state index in [1.54, 1.807) is 36.4 Å². The summed E-state index contributed by atoms with van der Waals surface area (Å²) in [7, 11) is -1.67. The van der Waals surface area contributed by atoms with Gasteiger partial charge >= 0.3 is 25.0 Å². The van der Waals surface area contributed by atoms with Gasteiger partial charge in [0.15, 0.2) is 17.4 Å². The number of carboxylic acid groups (broad SMARTS) is 3. The number of hydrogen-bond acceptors (Lipinski definition) is 25. The van der Waals surface area contributed by atoms with Gasteiger partial charge in [-0.1, -0.05) is 44.2 Å². The molecule has 628 valence electrons. The first-order valence-corrected chi connectivity index (χ1v) is 39.3. The number of aromatic nitrogens is 3. The Kier molecular flexibility index (Phi) is 42.0. The summed E-state index contributed by atoms with van der Waals surface area (Å²) in [6, 6.07) is 19.7. The number of nitrogens with zero attached hydrogens (tertiary/aromatic N) is 6. The maximum Gasteiger partial charge on any atom is 0.475 e. The highest BCUT2D eigenvalue weighted by Gasteiger charge is 2.37. The van der Waals surface area contributed by atoms with Crippen molar-refractivity contribution >= 4 is 94.4 Å². The fourth-order valence-corrected chi connectivity index (χ4v) is 12.7. The molecule has 3 atom stereocenters. The van der Waals surface area contributed by atoms with Gasteiger partial charge in [-0.05, 0) is 130 Å². The lowest BCUT2D eigenvalue weighted by Gasteiger charge is -2.24. The molecule has 2 fully saturated rings. The normalized spacial score (nSPS) is 15.5. The molecule has 0 bridgehead atoms. The van der Waals surface area contributed by atoms with E-state index in [-0.39, 0.29) is 126 Å². The summed E-state index contributed by atoms with van der Waals surface area (Å²) >= 11 is 5.63. The minimum absolute atomic E-state index is 0.0276. The lowest BCUT2D eigenvalue weighted by Crippen LogP contribution is -2.51. The molecule has 37 heteroatoms. The predicted molar refractivity (Wildman–Crippen MR) is 426 cm³/mol. The van der Waals surface area contributed by atoms with Gasteiger partial charge in [-0.3, -0.25) is 43.6 Å². The summed E-state index contributed by atoms with van der Waals surface area (Å²) in [5.41, 5.74) is 3.91. The molecule has 2 aliphatic rings. The fraction of sp³-hybridized carbons (Fsp3) is 0.551. The molecule has 2 saturated heterocycles. The number of aliphatic carboxylic acids is 1. The summed E-state index contributed by atoms with van der Waals surface area (Å²) in [4.78, 5) is 133. The number of unbranched alkanes of at least 4 members (excludes halogenated alkanes) is 2.